The molecule has 2 aromatic rings. The number of nitrogens with zero attached hydrogens (tertiary/aromatic N) is 2. The van der Waals surface area contributed by atoms with Gasteiger partial charge in [0.15, 0.2) is 0 Å². The Morgan fingerprint density at radius 3 is 2.08 bits per heavy atom. The third-order valence-corrected chi connectivity index (χ3v) is 4.99. The summed E-state index contributed by atoms with van der Waals surface area (Å²) in [4.78, 5) is 29.0. The van der Waals surface area contributed by atoms with Crippen molar-refractivity contribution in [1.29, 1.82) is 0 Å². The summed E-state index contributed by atoms with van der Waals surface area (Å²) in [6.07, 6.45) is 1.05. The van der Waals surface area contributed by atoms with Crippen LogP contribution in [0.2, 0.25) is 0 Å². The van der Waals surface area contributed by atoms with E-state index in [4.69, 9.17) is 0 Å². The largest absolute Gasteiger partial charge is 0.339 e. The van der Waals surface area contributed by atoms with Gasteiger partial charge >= 0.3 is 0 Å². The van der Waals surface area contributed by atoms with Crippen LogP contribution in [0.4, 0.5) is 0 Å². The number of rotatable bonds is 5. The van der Waals surface area contributed by atoms with E-state index in [-0.39, 0.29) is 11.8 Å². The molecule has 2 aromatic carbocycles. The summed E-state index contributed by atoms with van der Waals surface area (Å²) in [6.45, 7) is 3.08. The van der Waals surface area contributed by atoms with Crippen molar-refractivity contribution in [2.45, 2.75) is 31.8 Å². The van der Waals surface area contributed by atoms with E-state index in [1.807, 2.05) is 67.6 Å². The van der Waals surface area contributed by atoms with Gasteiger partial charge in [-0.1, -0.05) is 60.7 Å². The Morgan fingerprint density at radius 1 is 1.00 bits per heavy atom. The average molecular weight is 336 g/mol. The van der Waals surface area contributed by atoms with Gasteiger partial charge in [-0.15, -0.1) is 0 Å². The van der Waals surface area contributed by atoms with E-state index in [1.54, 1.807) is 16.8 Å². The summed E-state index contributed by atoms with van der Waals surface area (Å²) < 4.78 is 0. The van der Waals surface area contributed by atoms with Crippen LogP contribution in [0, 0.1) is 0 Å². The van der Waals surface area contributed by atoms with Crippen LogP contribution in [0.25, 0.3) is 0 Å². The highest BCUT2D eigenvalue weighted by atomic mass is 16.2. The maximum atomic E-state index is 13.0. The third kappa shape index (κ3) is 3.58. The van der Waals surface area contributed by atoms with Crippen LogP contribution in [-0.2, 0) is 22.6 Å². The predicted molar refractivity (Wildman–Crippen MR) is 97.8 cm³/mol. The Kier molecular flexibility index (Phi) is 4.88. The quantitative estimate of drug-likeness (QED) is 0.842. The molecule has 1 atom stereocenters. The zero-order chi connectivity index (χ0) is 17.9. The molecule has 1 saturated heterocycles. The van der Waals surface area contributed by atoms with E-state index < -0.39 is 5.54 Å². The Bertz CT molecular complexity index is 745. The van der Waals surface area contributed by atoms with Crippen molar-refractivity contribution < 1.29 is 9.59 Å². The number of carbonyl (C=O) groups is 2. The second-order valence-electron chi connectivity index (χ2n) is 6.88. The van der Waals surface area contributed by atoms with Crippen LogP contribution in [-0.4, -0.2) is 40.7 Å². The minimum Gasteiger partial charge on any atom is -0.339 e. The van der Waals surface area contributed by atoms with Crippen molar-refractivity contribution in [2.24, 2.45) is 0 Å². The van der Waals surface area contributed by atoms with Crippen LogP contribution in [0.1, 0.15) is 24.5 Å². The van der Waals surface area contributed by atoms with E-state index in [1.165, 1.54) is 0 Å². The van der Waals surface area contributed by atoms with Gasteiger partial charge in [0.25, 0.3) is 0 Å². The van der Waals surface area contributed by atoms with Crippen molar-refractivity contribution in [1.82, 2.24) is 9.80 Å². The molecular weight excluding hydrogens is 312 g/mol. The van der Waals surface area contributed by atoms with Crippen molar-refractivity contribution in [3.8, 4) is 0 Å². The molecule has 1 heterocycles. The Morgan fingerprint density at radius 2 is 1.56 bits per heavy atom. The van der Waals surface area contributed by atoms with Gasteiger partial charge in [0.2, 0.25) is 11.8 Å². The minimum atomic E-state index is -0.727. The summed E-state index contributed by atoms with van der Waals surface area (Å²) in [6, 6.07) is 19.6. The van der Waals surface area contributed by atoms with Gasteiger partial charge in [0.05, 0.1) is 6.42 Å². The second-order valence-corrected chi connectivity index (χ2v) is 6.88. The van der Waals surface area contributed by atoms with E-state index in [0.29, 0.717) is 25.9 Å². The molecule has 3 rings (SSSR count). The van der Waals surface area contributed by atoms with E-state index >= 15 is 0 Å². The molecule has 0 spiro atoms. The molecule has 4 heteroatoms. The van der Waals surface area contributed by atoms with Crippen LogP contribution in [0.5, 0.6) is 0 Å². The van der Waals surface area contributed by atoms with Crippen molar-refractivity contribution in [3.05, 3.63) is 71.8 Å². The van der Waals surface area contributed by atoms with Crippen molar-refractivity contribution in [2.75, 3.05) is 13.6 Å². The fourth-order valence-electron chi connectivity index (χ4n) is 3.39. The lowest BCUT2D eigenvalue weighted by Gasteiger charge is -2.50. The number of benzene rings is 2. The summed E-state index contributed by atoms with van der Waals surface area (Å²) in [7, 11) is 1.80. The van der Waals surface area contributed by atoms with Gasteiger partial charge in [-0.05, 0) is 24.5 Å². The topological polar surface area (TPSA) is 40.6 Å². The molecule has 4 nitrogen and oxygen atoms in total. The number of likely N-dealkylation sites (N-methyl/N-ethyl adjacent to an activating group) is 1. The first-order chi connectivity index (χ1) is 12.0. The van der Waals surface area contributed by atoms with Crippen molar-refractivity contribution >= 4 is 11.8 Å². The molecule has 0 radical (unpaired) electrons. The smallest absolute Gasteiger partial charge is 0.248 e. The first kappa shape index (κ1) is 17.2. The summed E-state index contributed by atoms with van der Waals surface area (Å²) in [5.74, 6) is 0.0189. The predicted octanol–water partition coefficient (Wildman–Crippen LogP) is 2.88. The minimum absolute atomic E-state index is 0.00372. The molecule has 2 amide bonds. The molecule has 0 aromatic heterocycles. The molecule has 0 aliphatic carbocycles. The van der Waals surface area contributed by atoms with Crippen LogP contribution < -0.4 is 0 Å². The normalized spacial score (nSPS) is 19.2. The molecule has 1 unspecified atom stereocenters. The van der Waals surface area contributed by atoms with Gasteiger partial charge in [-0.3, -0.25) is 9.59 Å². The lowest BCUT2D eigenvalue weighted by atomic mass is 9.84. The highest BCUT2D eigenvalue weighted by Gasteiger charge is 2.50. The molecule has 0 N–H and O–H groups in total. The Balaban J connectivity index is 1.66. The number of hydrogen-bond acceptors (Lipinski definition) is 2. The van der Waals surface area contributed by atoms with E-state index in [2.05, 4.69) is 0 Å². The highest BCUT2D eigenvalue weighted by molar-refractivity contribution is 5.93. The molecule has 0 bridgehead atoms. The van der Waals surface area contributed by atoms with Gasteiger partial charge in [-0.2, -0.15) is 0 Å². The van der Waals surface area contributed by atoms with Crippen LogP contribution >= 0.6 is 0 Å². The Labute approximate surface area is 149 Å². The maximum Gasteiger partial charge on any atom is 0.248 e. The molecule has 1 aliphatic heterocycles. The average Bonchev–Trinajstić information content (AvgIpc) is 2.61. The van der Waals surface area contributed by atoms with Gasteiger partial charge < -0.3 is 9.80 Å². The maximum absolute atomic E-state index is 13.0. The van der Waals surface area contributed by atoms with Crippen LogP contribution in [0.15, 0.2) is 60.7 Å². The molecular formula is C21H24N2O2. The molecule has 0 saturated carbocycles. The van der Waals surface area contributed by atoms with E-state index in [0.717, 1.165) is 11.1 Å². The summed E-state index contributed by atoms with van der Waals surface area (Å²) in [5.41, 5.74) is 1.34. The zero-order valence-corrected chi connectivity index (χ0v) is 14.8. The van der Waals surface area contributed by atoms with Gasteiger partial charge in [0.1, 0.15) is 5.54 Å². The van der Waals surface area contributed by atoms with E-state index in [9.17, 15) is 9.59 Å². The number of amides is 2. The standard InChI is InChI=1S/C21H24N2O2/c1-21(20(25)22(2)16-18-11-7-4-8-12-18)13-14-23(21)19(24)15-17-9-5-3-6-10-17/h3-12H,13-16H2,1-2H3. The summed E-state index contributed by atoms with van der Waals surface area (Å²) in [5, 5.41) is 0. The number of hydrogen-bond donors (Lipinski definition) is 0. The van der Waals surface area contributed by atoms with Crippen LogP contribution in [0.3, 0.4) is 0 Å². The monoisotopic (exact) mass is 336 g/mol. The highest BCUT2D eigenvalue weighted by Crippen LogP contribution is 2.33. The SMILES string of the molecule is CN(Cc1ccccc1)C(=O)C1(C)CCN1C(=O)Cc1ccccc1. The lowest BCUT2D eigenvalue weighted by Crippen LogP contribution is -2.67. The zero-order valence-electron chi connectivity index (χ0n) is 14.8. The fourth-order valence-corrected chi connectivity index (χ4v) is 3.39. The third-order valence-electron chi connectivity index (χ3n) is 4.99. The number of likely N-dealkylation sites (tertiary alicyclic amines) is 1. The second kappa shape index (κ2) is 7.09. The Hall–Kier alpha value is -2.62. The first-order valence-corrected chi connectivity index (χ1v) is 8.64. The molecule has 1 aliphatic rings. The molecule has 25 heavy (non-hydrogen) atoms. The summed E-state index contributed by atoms with van der Waals surface area (Å²) >= 11 is 0. The van der Waals surface area contributed by atoms with Crippen molar-refractivity contribution in [3.63, 3.8) is 0 Å². The first-order valence-electron chi connectivity index (χ1n) is 8.64. The molecule has 130 valence electrons. The molecule has 1 fully saturated rings. The number of carbonyl (C=O) groups excluding carboxylic acids is 2. The fraction of sp³-hybridized carbons (Fsp3) is 0.333. The van der Waals surface area contributed by atoms with Gasteiger partial charge in [-0.25, -0.2) is 0 Å². The van der Waals surface area contributed by atoms with Gasteiger partial charge in [0, 0.05) is 20.1 Å². The lowest BCUT2D eigenvalue weighted by molar-refractivity contribution is -0.163.